The van der Waals surface area contributed by atoms with Crippen LogP contribution >= 0.6 is 0 Å². The van der Waals surface area contributed by atoms with E-state index in [4.69, 9.17) is 11.2 Å². The van der Waals surface area contributed by atoms with E-state index < -0.39 is 0 Å². The van der Waals surface area contributed by atoms with E-state index in [2.05, 4.69) is 23.4 Å². The summed E-state index contributed by atoms with van der Waals surface area (Å²) >= 11 is 0. The van der Waals surface area contributed by atoms with Gasteiger partial charge in [0.25, 0.3) is 5.91 Å². The minimum atomic E-state index is -0.297. The van der Waals surface area contributed by atoms with Crippen LogP contribution in [0.1, 0.15) is 34.9 Å². The highest BCUT2D eigenvalue weighted by Crippen LogP contribution is 2.45. The smallest absolute Gasteiger partial charge is 0.258 e. The normalized spacial score (nSPS) is 18.3. The number of para-hydroxylation sites is 1. The third-order valence-corrected chi connectivity index (χ3v) is 5.42. The van der Waals surface area contributed by atoms with Crippen molar-refractivity contribution in [1.29, 1.82) is 0 Å². The highest BCUT2D eigenvalue weighted by molar-refractivity contribution is 6.03. The van der Waals surface area contributed by atoms with Crippen molar-refractivity contribution in [3.8, 4) is 18.1 Å². The summed E-state index contributed by atoms with van der Waals surface area (Å²) in [6.07, 6.45) is 7.19. The predicted octanol–water partition coefficient (Wildman–Crippen LogP) is 4.58. The Labute approximate surface area is 164 Å². The Bertz CT molecular complexity index is 1110. The fourth-order valence-electron chi connectivity index (χ4n) is 4.01. The van der Waals surface area contributed by atoms with Crippen molar-refractivity contribution in [2.24, 2.45) is 0 Å². The fraction of sp³-hybridized carbons (Fsp3) is 0.208. The lowest BCUT2D eigenvalue weighted by atomic mass is 9.97. The summed E-state index contributed by atoms with van der Waals surface area (Å²) in [5.74, 6) is 3.32. The first-order valence-corrected chi connectivity index (χ1v) is 9.54. The second kappa shape index (κ2) is 6.61. The zero-order valence-corrected chi connectivity index (χ0v) is 15.4. The minimum absolute atomic E-state index is 0.0673. The number of terminal acetylenes is 1. The number of rotatable bonds is 4. The number of amides is 1. The monoisotopic (exact) mass is 368 g/mol. The van der Waals surface area contributed by atoms with Gasteiger partial charge >= 0.3 is 0 Å². The summed E-state index contributed by atoms with van der Waals surface area (Å²) in [4.78, 5) is 15.3. The zero-order valence-electron chi connectivity index (χ0n) is 15.4. The Morgan fingerprint density at radius 1 is 1.07 bits per heavy atom. The van der Waals surface area contributed by atoms with Crippen molar-refractivity contribution in [3.05, 3.63) is 71.8 Å². The average Bonchev–Trinajstić information content (AvgIpc) is 3.56. The number of fused-ring (bicyclic) bond motifs is 2. The maximum absolute atomic E-state index is 13.4. The number of anilines is 1. The molecule has 28 heavy (non-hydrogen) atoms. The van der Waals surface area contributed by atoms with Gasteiger partial charge < -0.3 is 15.0 Å². The van der Waals surface area contributed by atoms with Crippen molar-refractivity contribution in [1.82, 2.24) is 4.90 Å². The molecule has 1 heterocycles. The van der Waals surface area contributed by atoms with Gasteiger partial charge in [-0.05, 0) is 41.8 Å². The molecule has 1 N–H and O–H groups in total. The van der Waals surface area contributed by atoms with Crippen LogP contribution in [0.2, 0.25) is 0 Å². The van der Waals surface area contributed by atoms with E-state index >= 15 is 0 Å². The average molecular weight is 368 g/mol. The first kappa shape index (κ1) is 16.7. The highest BCUT2D eigenvalue weighted by Gasteiger charge is 2.43. The lowest BCUT2D eigenvalue weighted by molar-refractivity contribution is 0.0665. The fourth-order valence-corrected chi connectivity index (χ4v) is 4.01. The van der Waals surface area contributed by atoms with E-state index in [0.717, 1.165) is 40.4 Å². The zero-order chi connectivity index (χ0) is 19.1. The maximum Gasteiger partial charge on any atom is 0.258 e. The van der Waals surface area contributed by atoms with Crippen molar-refractivity contribution in [2.75, 3.05) is 11.9 Å². The second-order valence-electron chi connectivity index (χ2n) is 7.23. The van der Waals surface area contributed by atoms with Gasteiger partial charge in [-0.3, -0.25) is 4.79 Å². The first-order valence-electron chi connectivity index (χ1n) is 9.54. The summed E-state index contributed by atoms with van der Waals surface area (Å²) in [6.45, 7) is 0.187. The van der Waals surface area contributed by atoms with Gasteiger partial charge in [0.15, 0.2) is 0 Å². The molecular weight excluding hydrogens is 348 g/mol. The third-order valence-electron chi connectivity index (χ3n) is 5.42. The molecule has 0 aromatic heterocycles. The molecular formula is C24H20N2O2. The maximum atomic E-state index is 13.4. The molecule has 138 valence electrons. The van der Waals surface area contributed by atoms with Gasteiger partial charge in [-0.25, -0.2) is 0 Å². The van der Waals surface area contributed by atoms with Crippen LogP contribution in [0.15, 0.2) is 60.7 Å². The molecule has 1 fully saturated rings. The van der Waals surface area contributed by atoms with Crippen LogP contribution < -0.4 is 10.1 Å². The van der Waals surface area contributed by atoms with Crippen molar-refractivity contribution in [2.45, 2.75) is 25.0 Å². The third kappa shape index (κ3) is 2.68. The SMILES string of the molecule is C#CCOc1ccc2ccccc2c1[C@@H]1Nc2ccccc2C(=O)N1C1CC1. The molecule has 0 unspecified atom stereocenters. The molecule has 0 saturated heterocycles. The predicted molar refractivity (Wildman–Crippen MR) is 110 cm³/mol. The van der Waals surface area contributed by atoms with Crippen LogP contribution in [0, 0.1) is 12.3 Å². The van der Waals surface area contributed by atoms with Crippen molar-refractivity contribution in [3.63, 3.8) is 0 Å². The summed E-state index contributed by atoms with van der Waals surface area (Å²) < 4.78 is 5.91. The van der Waals surface area contributed by atoms with Crippen molar-refractivity contribution >= 4 is 22.4 Å². The molecule has 1 aliphatic carbocycles. The van der Waals surface area contributed by atoms with E-state index in [1.165, 1.54) is 0 Å². The van der Waals surface area contributed by atoms with Gasteiger partial charge in [0.05, 0.1) is 5.56 Å². The van der Waals surface area contributed by atoms with E-state index in [9.17, 15) is 4.79 Å². The molecule has 4 heteroatoms. The molecule has 0 spiro atoms. The van der Waals surface area contributed by atoms with E-state index in [1.54, 1.807) is 0 Å². The summed E-state index contributed by atoms with van der Waals surface area (Å²) in [5, 5.41) is 5.77. The van der Waals surface area contributed by atoms with Gasteiger partial charge in [0.1, 0.15) is 18.5 Å². The van der Waals surface area contributed by atoms with Gasteiger partial charge in [0.2, 0.25) is 0 Å². The van der Waals surface area contributed by atoms with Crippen LogP contribution in [0.25, 0.3) is 10.8 Å². The van der Waals surface area contributed by atoms with Crippen LogP contribution in [-0.2, 0) is 0 Å². The molecule has 1 saturated carbocycles. The molecule has 1 atom stereocenters. The number of benzene rings is 3. The lowest BCUT2D eigenvalue weighted by Crippen LogP contribution is -2.44. The number of ether oxygens (including phenoxy) is 1. The van der Waals surface area contributed by atoms with Gasteiger partial charge in [-0.1, -0.05) is 48.4 Å². The Morgan fingerprint density at radius 3 is 2.68 bits per heavy atom. The van der Waals surface area contributed by atoms with Gasteiger partial charge in [-0.15, -0.1) is 6.42 Å². The second-order valence-corrected chi connectivity index (χ2v) is 7.23. The largest absolute Gasteiger partial charge is 0.480 e. The Kier molecular flexibility index (Phi) is 3.95. The van der Waals surface area contributed by atoms with Crippen LogP contribution in [0.4, 0.5) is 5.69 Å². The van der Waals surface area contributed by atoms with E-state index in [0.29, 0.717) is 5.75 Å². The molecule has 5 rings (SSSR count). The molecule has 0 radical (unpaired) electrons. The molecule has 1 amide bonds. The molecule has 3 aromatic rings. The number of carbonyl (C=O) groups excluding carboxylic acids is 1. The van der Waals surface area contributed by atoms with Gasteiger partial charge in [-0.2, -0.15) is 0 Å². The first-order chi connectivity index (χ1) is 13.8. The van der Waals surface area contributed by atoms with Crippen molar-refractivity contribution < 1.29 is 9.53 Å². The van der Waals surface area contributed by atoms with Gasteiger partial charge in [0, 0.05) is 17.3 Å². The molecule has 1 aliphatic heterocycles. The Hall–Kier alpha value is -3.45. The number of carbonyl (C=O) groups is 1. The number of hydrogen-bond donors (Lipinski definition) is 1. The van der Waals surface area contributed by atoms with E-state index in [1.807, 2.05) is 53.4 Å². The standard InChI is InChI=1S/C24H20N2O2/c1-2-15-28-21-14-11-16-7-3-4-8-18(16)22(21)23-25-20-10-6-5-9-19(20)24(27)26(23)17-12-13-17/h1,3-11,14,17,23,25H,12-13,15H2/t23-/m1/s1. The summed E-state index contributed by atoms with van der Waals surface area (Å²) in [7, 11) is 0. The van der Waals surface area contributed by atoms with Crippen LogP contribution in [-0.4, -0.2) is 23.5 Å². The van der Waals surface area contributed by atoms with E-state index in [-0.39, 0.29) is 24.7 Å². The van der Waals surface area contributed by atoms with Crippen LogP contribution in [0.3, 0.4) is 0 Å². The Balaban J connectivity index is 1.71. The summed E-state index contributed by atoms with van der Waals surface area (Å²) in [6, 6.07) is 20.1. The minimum Gasteiger partial charge on any atom is -0.480 e. The highest BCUT2D eigenvalue weighted by atomic mass is 16.5. The number of nitrogens with zero attached hydrogens (tertiary/aromatic N) is 1. The topological polar surface area (TPSA) is 41.6 Å². The molecule has 4 nitrogen and oxygen atoms in total. The van der Waals surface area contributed by atoms with Crippen LogP contribution in [0.5, 0.6) is 5.75 Å². The molecule has 2 aliphatic rings. The Morgan fingerprint density at radius 2 is 1.86 bits per heavy atom. The summed E-state index contributed by atoms with van der Waals surface area (Å²) in [5.41, 5.74) is 2.53. The quantitative estimate of drug-likeness (QED) is 0.686. The molecule has 3 aromatic carbocycles. The number of hydrogen-bond acceptors (Lipinski definition) is 3. The molecule has 0 bridgehead atoms. The lowest BCUT2D eigenvalue weighted by Gasteiger charge is -2.39. The number of nitrogens with one attached hydrogen (secondary N) is 1.